The number of nitrogens with zero attached hydrogens (tertiary/aromatic N) is 1. The summed E-state index contributed by atoms with van der Waals surface area (Å²) in [6.07, 6.45) is 3.18. The van der Waals surface area contributed by atoms with Gasteiger partial charge in [0.15, 0.2) is 0 Å². The molecule has 2 aliphatic heterocycles. The molecule has 0 unspecified atom stereocenters. The molecule has 1 amide bonds. The van der Waals surface area contributed by atoms with E-state index in [0.29, 0.717) is 45.6 Å². The number of esters is 2. The third-order valence-corrected chi connectivity index (χ3v) is 7.06. The number of carbonyl (C=O) groups is 3. The molecule has 2 fully saturated rings. The minimum Gasteiger partial charge on any atom is -0.466 e. The van der Waals surface area contributed by atoms with Crippen LogP contribution in [0.5, 0.6) is 0 Å². The van der Waals surface area contributed by atoms with Crippen LogP contribution in [0.25, 0.3) is 0 Å². The average Bonchev–Trinajstić information content (AvgIpc) is 2.98. The molecule has 0 saturated carbocycles. The molecule has 3 rings (SSSR count). The van der Waals surface area contributed by atoms with Crippen molar-refractivity contribution in [2.75, 3.05) is 60.2 Å². The smallest absolute Gasteiger partial charge is 0.410 e. The zero-order valence-corrected chi connectivity index (χ0v) is 25.4. The highest BCUT2D eigenvalue weighted by molar-refractivity contribution is 5.71. The summed E-state index contributed by atoms with van der Waals surface area (Å²) in [5, 5.41) is 10.8. The van der Waals surface area contributed by atoms with Gasteiger partial charge in [-0.25, -0.2) is 4.79 Å². The van der Waals surface area contributed by atoms with E-state index in [9.17, 15) is 14.4 Å². The van der Waals surface area contributed by atoms with E-state index in [1.54, 1.807) is 33.0 Å². The number of nitrogens with one attached hydrogen (secondary N) is 1. The number of rotatable bonds is 10. The molecule has 11 heteroatoms. The van der Waals surface area contributed by atoms with Crippen molar-refractivity contribution in [1.82, 2.24) is 10.2 Å². The number of hydrogen-bond acceptors (Lipinski definition) is 10. The van der Waals surface area contributed by atoms with Gasteiger partial charge < -0.3 is 39.0 Å². The predicted octanol–water partition coefficient (Wildman–Crippen LogP) is 4.10. The van der Waals surface area contributed by atoms with Gasteiger partial charge in [0.05, 0.1) is 37.3 Å². The lowest BCUT2D eigenvalue weighted by molar-refractivity contribution is -0.153. The molecule has 0 aromatic heterocycles. The minimum absolute atomic E-state index is 0. The van der Waals surface area contributed by atoms with Crippen molar-refractivity contribution < 1.29 is 43.2 Å². The first-order valence-electron chi connectivity index (χ1n) is 14.4. The number of aliphatic hydroxyl groups is 1. The van der Waals surface area contributed by atoms with Gasteiger partial charge in [-0.05, 0) is 65.1 Å². The third kappa shape index (κ3) is 14.4. The van der Waals surface area contributed by atoms with Crippen LogP contribution in [0.1, 0.15) is 72.3 Å². The number of carbonyl (C=O) groups excluding carboxylic acids is 3. The minimum atomic E-state index is -0.553. The summed E-state index contributed by atoms with van der Waals surface area (Å²) in [6, 6.07) is 9.57. The standard InChI is InChI=1S/C18H25NO5.C10H19NO3.C2H6O.CH4/c1-3-23-16(20)13-18(22-2)9-11-19(12-10-18)17(21)24-14-15-7-5-4-6-8-15;1-3-14-9(12)8-10(13-2)4-6-11-7-5-10;1-2-3;/h4-8H,3,9-14H2,1-2H3;11H,3-8H2,1-2H3;3H,2H2,1H3;1H4. The number of ether oxygens (including phenoxy) is 5. The SMILES string of the molecule is C.CCO.CCOC(=O)CC1(OC)CCN(C(=O)OCc2ccccc2)CC1.CCOC(=O)CC1(OC)CCNCC1. The fourth-order valence-electron chi connectivity index (χ4n) is 4.65. The van der Waals surface area contributed by atoms with Crippen molar-refractivity contribution in [3.63, 3.8) is 0 Å². The maximum absolute atomic E-state index is 12.2. The number of piperidine rings is 2. The molecule has 1 aromatic rings. The van der Waals surface area contributed by atoms with Crippen molar-refractivity contribution in [1.29, 1.82) is 0 Å². The van der Waals surface area contributed by atoms with Crippen molar-refractivity contribution in [2.24, 2.45) is 0 Å². The Balaban J connectivity index is 0.000000795. The van der Waals surface area contributed by atoms with Gasteiger partial charge in [0.2, 0.25) is 0 Å². The monoisotopic (exact) mass is 598 g/mol. The first kappa shape index (κ1) is 39.3. The molecular weight excluding hydrogens is 544 g/mol. The number of likely N-dealkylation sites (tertiary alicyclic amines) is 1. The van der Waals surface area contributed by atoms with E-state index in [2.05, 4.69) is 5.32 Å². The fraction of sp³-hybridized carbons (Fsp3) is 0.710. The molecule has 0 spiro atoms. The van der Waals surface area contributed by atoms with Gasteiger partial charge in [-0.3, -0.25) is 9.59 Å². The lowest BCUT2D eigenvalue weighted by Gasteiger charge is -2.39. The van der Waals surface area contributed by atoms with Gasteiger partial charge in [0, 0.05) is 33.9 Å². The highest BCUT2D eigenvalue weighted by Gasteiger charge is 2.39. The average molecular weight is 599 g/mol. The normalized spacial score (nSPS) is 16.7. The molecule has 2 saturated heterocycles. The molecule has 42 heavy (non-hydrogen) atoms. The number of aliphatic hydroxyl groups excluding tert-OH is 1. The summed E-state index contributed by atoms with van der Waals surface area (Å²) in [5.41, 5.74) is 0.108. The summed E-state index contributed by atoms with van der Waals surface area (Å²) in [4.78, 5) is 36.9. The molecule has 0 bridgehead atoms. The summed E-state index contributed by atoms with van der Waals surface area (Å²) in [7, 11) is 3.27. The number of amides is 1. The zero-order chi connectivity index (χ0) is 30.6. The van der Waals surface area contributed by atoms with Crippen molar-refractivity contribution >= 4 is 18.0 Å². The highest BCUT2D eigenvalue weighted by atomic mass is 16.6. The van der Waals surface area contributed by atoms with E-state index >= 15 is 0 Å². The second-order valence-corrected chi connectivity index (χ2v) is 9.83. The van der Waals surface area contributed by atoms with E-state index in [-0.39, 0.29) is 50.7 Å². The molecule has 0 atom stereocenters. The molecule has 2 aliphatic rings. The summed E-state index contributed by atoms with van der Waals surface area (Å²) < 4.78 is 26.3. The lowest BCUT2D eigenvalue weighted by atomic mass is 9.88. The van der Waals surface area contributed by atoms with Crippen LogP contribution < -0.4 is 5.32 Å². The quantitative estimate of drug-likeness (QED) is 0.300. The number of methoxy groups -OCH3 is 2. The van der Waals surface area contributed by atoms with E-state index in [0.717, 1.165) is 31.5 Å². The summed E-state index contributed by atoms with van der Waals surface area (Å²) in [6.45, 7) is 9.41. The van der Waals surface area contributed by atoms with Gasteiger partial charge in [0.1, 0.15) is 6.61 Å². The Kier molecular flexibility index (Phi) is 20.5. The van der Waals surface area contributed by atoms with Gasteiger partial charge in [-0.2, -0.15) is 0 Å². The molecule has 0 aliphatic carbocycles. The molecule has 11 nitrogen and oxygen atoms in total. The van der Waals surface area contributed by atoms with Crippen molar-refractivity contribution in [3.8, 4) is 0 Å². The van der Waals surface area contributed by atoms with Crippen LogP contribution in [-0.4, -0.2) is 99.5 Å². The van der Waals surface area contributed by atoms with Crippen LogP contribution >= 0.6 is 0 Å². The molecule has 0 radical (unpaired) electrons. The first-order chi connectivity index (χ1) is 19.7. The second-order valence-electron chi connectivity index (χ2n) is 9.83. The van der Waals surface area contributed by atoms with Crippen LogP contribution in [0.15, 0.2) is 30.3 Å². The predicted molar refractivity (Wildman–Crippen MR) is 161 cm³/mol. The molecular formula is C31H54N2O9. The van der Waals surface area contributed by atoms with Gasteiger partial charge >= 0.3 is 18.0 Å². The fourth-order valence-corrected chi connectivity index (χ4v) is 4.65. The molecule has 242 valence electrons. The molecule has 2 N–H and O–H groups in total. The summed E-state index contributed by atoms with van der Waals surface area (Å²) in [5.74, 6) is -0.421. The van der Waals surface area contributed by atoms with Crippen LogP contribution in [0.4, 0.5) is 4.79 Å². The van der Waals surface area contributed by atoms with Crippen LogP contribution in [-0.2, 0) is 39.9 Å². The zero-order valence-electron chi connectivity index (χ0n) is 25.4. The Bertz CT molecular complexity index is 868. The Labute approximate surface area is 252 Å². The lowest BCUT2D eigenvalue weighted by Crippen LogP contribution is -2.48. The van der Waals surface area contributed by atoms with Crippen molar-refractivity contribution in [2.45, 2.75) is 84.5 Å². The molecule has 2 heterocycles. The molecule has 1 aromatic carbocycles. The largest absolute Gasteiger partial charge is 0.466 e. The van der Waals surface area contributed by atoms with Crippen LogP contribution in [0, 0.1) is 0 Å². The van der Waals surface area contributed by atoms with Crippen molar-refractivity contribution in [3.05, 3.63) is 35.9 Å². The van der Waals surface area contributed by atoms with E-state index in [4.69, 9.17) is 28.8 Å². The van der Waals surface area contributed by atoms with E-state index < -0.39 is 5.60 Å². The number of benzene rings is 1. The van der Waals surface area contributed by atoms with E-state index in [1.165, 1.54) is 0 Å². The maximum atomic E-state index is 12.2. The first-order valence-corrected chi connectivity index (χ1v) is 14.4. The Morgan fingerprint density at radius 1 is 0.810 bits per heavy atom. The Hall–Kier alpha value is -2.73. The Morgan fingerprint density at radius 3 is 1.69 bits per heavy atom. The van der Waals surface area contributed by atoms with Gasteiger partial charge in [0.25, 0.3) is 0 Å². The second kappa shape index (κ2) is 21.9. The van der Waals surface area contributed by atoms with Gasteiger partial charge in [-0.15, -0.1) is 0 Å². The van der Waals surface area contributed by atoms with Crippen LogP contribution in [0.2, 0.25) is 0 Å². The number of hydrogen-bond donors (Lipinski definition) is 2. The van der Waals surface area contributed by atoms with Gasteiger partial charge in [-0.1, -0.05) is 37.8 Å². The summed E-state index contributed by atoms with van der Waals surface area (Å²) >= 11 is 0. The third-order valence-electron chi connectivity index (χ3n) is 7.06. The topological polar surface area (TPSA) is 133 Å². The highest BCUT2D eigenvalue weighted by Crippen LogP contribution is 2.30. The maximum Gasteiger partial charge on any atom is 0.410 e. The van der Waals surface area contributed by atoms with E-state index in [1.807, 2.05) is 37.3 Å². The van der Waals surface area contributed by atoms with Crippen LogP contribution in [0.3, 0.4) is 0 Å². The Morgan fingerprint density at radius 2 is 1.26 bits per heavy atom.